The summed E-state index contributed by atoms with van der Waals surface area (Å²) in [6, 6.07) is 13.3. The lowest BCUT2D eigenvalue weighted by atomic mass is 10.1. The fraction of sp³-hybridized carbons (Fsp3) is 0.176. The van der Waals surface area contributed by atoms with Gasteiger partial charge in [0.2, 0.25) is 0 Å². The van der Waals surface area contributed by atoms with Crippen molar-refractivity contribution in [2.75, 3.05) is 0 Å². The van der Waals surface area contributed by atoms with Gasteiger partial charge in [-0.3, -0.25) is 0 Å². The minimum Gasteiger partial charge on any atom is -0.478 e. The first-order valence-corrected chi connectivity index (χ1v) is 6.79. The standard InChI is InChI=1S/C17H16N2O2/c1-11-5-3-4-6-12(11)10-16-18-14-9-13(17(20)21)7-8-15(14)19(16)2/h3-9H,10H2,1-2H3,(H,20,21). The average Bonchev–Trinajstić information content (AvgIpc) is 2.77. The number of imidazole rings is 1. The van der Waals surface area contributed by atoms with Crippen molar-refractivity contribution >= 4 is 17.0 Å². The number of fused-ring (bicyclic) bond motifs is 1. The molecule has 4 heteroatoms. The molecule has 0 atom stereocenters. The number of carbonyl (C=O) groups is 1. The average molecular weight is 280 g/mol. The van der Waals surface area contributed by atoms with Gasteiger partial charge in [0.1, 0.15) is 5.82 Å². The Morgan fingerprint density at radius 2 is 2.00 bits per heavy atom. The Morgan fingerprint density at radius 1 is 1.24 bits per heavy atom. The van der Waals surface area contributed by atoms with Crippen LogP contribution < -0.4 is 0 Å². The zero-order valence-corrected chi connectivity index (χ0v) is 12.0. The fourth-order valence-electron chi connectivity index (χ4n) is 2.52. The maximum Gasteiger partial charge on any atom is 0.335 e. The van der Waals surface area contributed by atoms with E-state index in [0.29, 0.717) is 0 Å². The van der Waals surface area contributed by atoms with Crippen LogP contribution in [0.2, 0.25) is 0 Å². The van der Waals surface area contributed by atoms with E-state index in [9.17, 15) is 4.79 Å². The largest absolute Gasteiger partial charge is 0.478 e. The van der Waals surface area contributed by atoms with Crippen LogP contribution in [-0.2, 0) is 13.5 Å². The van der Waals surface area contributed by atoms with E-state index in [0.717, 1.165) is 23.3 Å². The molecule has 0 aliphatic rings. The fourth-order valence-corrected chi connectivity index (χ4v) is 2.52. The van der Waals surface area contributed by atoms with Gasteiger partial charge >= 0.3 is 5.97 Å². The highest BCUT2D eigenvalue weighted by molar-refractivity contribution is 5.92. The van der Waals surface area contributed by atoms with Gasteiger partial charge < -0.3 is 9.67 Å². The summed E-state index contributed by atoms with van der Waals surface area (Å²) in [6.45, 7) is 2.08. The molecule has 0 fully saturated rings. The summed E-state index contributed by atoms with van der Waals surface area (Å²) >= 11 is 0. The van der Waals surface area contributed by atoms with E-state index in [4.69, 9.17) is 5.11 Å². The highest BCUT2D eigenvalue weighted by Gasteiger charge is 2.11. The molecule has 0 radical (unpaired) electrons. The molecule has 21 heavy (non-hydrogen) atoms. The van der Waals surface area contributed by atoms with Crippen LogP contribution in [0.1, 0.15) is 27.3 Å². The number of aryl methyl sites for hydroxylation is 2. The third kappa shape index (κ3) is 2.40. The van der Waals surface area contributed by atoms with Crippen LogP contribution in [0.15, 0.2) is 42.5 Å². The Labute approximate surface area is 122 Å². The Balaban J connectivity index is 2.05. The summed E-state index contributed by atoms with van der Waals surface area (Å²) in [7, 11) is 1.96. The molecule has 106 valence electrons. The third-order valence-electron chi connectivity index (χ3n) is 3.83. The van der Waals surface area contributed by atoms with Crippen molar-refractivity contribution in [3.05, 3.63) is 65.0 Å². The number of hydrogen-bond donors (Lipinski definition) is 1. The van der Waals surface area contributed by atoms with Gasteiger partial charge in [-0.15, -0.1) is 0 Å². The molecule has 0 aliphatic carbocycles. The molecule has 0 saturated carbocycles. The van der Waals surface area contributed by atoms with Crippen molar-refractivity contribution in [3.8, 4) is 0 Å². The van der Waals surface area contributed by atoms with Crippen LogP contribution in [0.4, 0.5) is 0 Å². The van der Waals surface area contributed by atoms with Gasteiger partial charge in [0.25, 0.3) is 0 Å². The molecule has 0 bridgehead atoms. The summed E-state index contributed by atoms with van der Waals surface area (Å²) in [5.74, 6) is 0.00449. The van der Waals surface area contributed by atoms with E-state index in [1.165, 1.54) is 11.1 Å². The lowest BCUT2D eigenvalue weighted by Gasteiger charge is -2.05. The molecule has 0 amide bonds. The Hall–Kier alpha value is -2.62. The predicted molar refractivity (Wildman–Crippen MR) is 81.7 cm³/mol. The third-order valence-corrected chi connectivity index (χ3v) is 3.83. The van der Waals surface area contributed by atoms with Crippen molar-refractivity contribution in [3.63, 3.8) is 0 Å². The highest BCUT2D eigenvalue weighted by Crippen LogP contribution is 2.20. The van der Waals surface area contributed by atoms with E-state index in [1.54, 1.807) is 12.1 Å². The zero-order chi connectivity index (χ0) is 15.0. The van der Waals surface area contributed by atoms with Crippen molar-refractivity contribution < 1.29 is 9.90 Å². The number of aromatic nitrogens is 2. The van der Waals surface area contributed by atoms with Crippen LogP contribution in [0.5, 0.6) is 0 Å². The number of benzene rings is 2. The van der Waals surface area contributed by atoms with Crippen molar-refractivity contribution in [2.45, 2.75) is 13.3 Å². The van der Waals surface area contributed by atoms with Gasteiger partial charge in [-0.2, -0.15) is 0 Å². The number of aromatic carboxylic acids is 1. The zero-order valence-electron chi connectivity index (χ0n) is 12.0. The van der Waals surface area contributed by atoms with Crippen molar-refractivity contribution in [1.82, 2.24) is 9.55 Å². The Kier molecular flexibility index (Phi) is 3.22. The number of carboxylic acids is 1. The van der Waals surface area contributed by atoms with E-state index in [1.807, 2.05) is 29.8 Å². The summed E-state index contributed by atoms with van der Waals surface area (Å²) in [5.41, 5.74) is 4.40. The van der Waals surface area contributed by atoms with Gasteiger partial charge in [0, 0.05) is 13.5 Å². The molecule has 3 rings (SSSR count). The summed E-state index contributed by atoms with van der Waals surface area (Å²) in [5, 5.41) is 9.06. The van der Waals surface area contributed by atoms with Crippen molar-refractivity contribution in [1.29, 1.82) is 0 Å². The quantitative estimate of drug-likeness (QED) is 0.801. The maximum atomic E-state index is 11.0. The molecule has 3 aromatic rings. The first kappa shape index (κ1) is 13.4. The van der Waals surface area contributed by atoms with E-state index in [-0.39, 0.29) is 5.56 Å². The number of carboxylic acid groups (broad SMARTS) is 1. The smallest absolute Gasteiger partial charge is 0.335 e. The number of hydrogen-bond acceptors (Lipinski definition) is 2. The Bertz CT molecular complexity index is 834. The molecule has 1 N–H and O–H groups in total. The van der Waals surface area contributed by atoms with Crippen LogP contribution in [0.3, 0.4) is 0 Å². The second-order valence-electron chi connectivity index (χ2n) is 5.20. The molecule has 0 unspecified atom stereocenters. The van der Waals surface area contributed by atoms with E-state index < -0.39 is 5.97 Å². The monoisotopic (exact) mass is 280 g/mol. The molecule has 1 aromatic heterocycles. The maximum absolute atomic E-state index is 11.0. The van der Waals surface area contributed by atoms with Crippen LogP contribution in [0.25, 0.3) is 11.0 Å². The second kappa shape index (κ2) is 5.05. The Morgan fingerprint density at radius 3 is 2.71 bits per heavy atom. The first-order chi connectivity index (χ1) is 10.1. The van der Waals surface area contributed by atoms with E-state index in [2.05, 4.69) is 24.0 Å². The molecular formula is C17H16N2O2. The van der Waals surface area contributed by atoms with Crippen LogP contribution >= 0.6 is 0 Å². The SMILES string of the molecule is Cc1ccccc1Cc1nc2cc(C(=O)O)ccc2n1C. The molecule has 1 heterocycles. The number of rotatable bonds is 3. The second-order valence-corrected chi connectivity index (χ2v) is 5.20. The molecule has 2 aromatic carbocycles. The van der Waals surface area contributed by atoms with Gasteiger partial charge in [-0.05, 0) is 36.2 Å². The normalized spacial score (nSPS) is 11.0. The van der Waals surface area contributed by atoms with Crippen LogP contribution in [-0.4, -0.2) is 20.6 Å². The van der Waals surface area contributed by atoms with Crippen LogP contribution in [0, 0.1) is 6.92 Å². The lowest BCUT2D eigenvalue weighted by Crippen LogP contribution is -2.00. The summed E-state index contributed by atoms with van der Waals surface area (Å²) in [6.07, 6.45) is 0.736. The first-order valence-electron chi connectivity index (χ1n) is 6.79. The predicted octanol–water partition coefficient (Wildman–Crippen LogP) is 3.17. The lowest BCUT2D eigenvalue weighted by molar-refractivity contribution is 0.0697. The minimum absolute atomic E-state index is 0.267. The van der Waals surface area contributed by atoms with Crippen molar-refractivity contribution in [2.24, 2.45) is 7.05 Å². The molecule has 0 aliphatic heterocycles. The van der Waals surface area contributed by atoms with Gasteiger partial charge in [-0.1, -0.05) is 24.3 Å². The van der Waals surface area contributed by atoms with Gasteiger partial charge in [0.05, 0.1) is 16.6 Å². The molecule has 4 nitrogen and oxygen atoms in total. The summed E-state index contributed by atoms with van der Waals surface area (Å²) < 4.78 is 2.02. The van der Waals surface area contributed by atoms with Gasteiger partial charge in [0.15, 0.2) is 0 Å². The molecule has 0 spiro atoms. The highest BCUT2D eigenvalue weighted by atomic mass is 16.4. The van der Waals surface area contributed by atoms with E-state index >= 15 is 0 Å². The minimum atomic E-state index is -0.928. The van der Waals surface area contributed by atoms with Gasteiger partial charge in [-0.25, -0.2) is 9.78 Å². The topological polar surface area (TPSA) is 55.1 Å². The number of nitrogens with zero attached hydrogens (tertiary/aromatic N) is 2. The summed E-state index contributed by atoms with van der Waals surface area (Å²) in [4.78, 5) is 15.6. The molecule has 0 saturated heterocycles. The molecular weight excluding hydrogens is 264 g/mol.